The van der Waals surface area contributed by atoms with Gasteiger partial charge in [0.25, 0.3) is 0 Å². The van der Waals surface area contributed by atoms with Crippen LogP contribution in [0.25, 0.3) is 21.9 Å². The SMILES string of the molecule is Cc1c(-c2cc3cc(NC(=O)NC4CC[C@H](C#N)C4)ncc3c(N)c2F)cnc2c1NCCO2. The maximum atomic E-state index is 15.3. The third-order valence-corrected chi connectivity index (χ3v) is 6.43. The number of nitrogen functional groups attached to an aromatic ring is 1. The Morgan fingerprint density at radius 2 is 2.15 bits per heavy atom. The summed E-state index contributed by atoms with van der Waals surface area (Å²) in [5, 5.41) is 19.0. The van der Waals surface area contributed by atoms with E-state index in [9.17, 15) is 4.79 Å². The van der Waals surface area contributed by atoms with Crippen LogP contribution in [0.2, 0.25) is 0 Å². The van der Waals surface area contributed by atoms with Gasteiger partial charge < -0.3 is 21.1 Å². The molecule has 2 atom stereocenters. The quantitative estimate of drug-likeness (QED) is 0.433. The van der Waals surface area contributed by atoms with Crippen molar-refractivity contribution in [2.45, 2.75) is 32.2 Å². The third-order valence-electron chi connectivity index (χ3n) is 6.43. The number of nitriles is 1. The van der Waals surface area contributed by atoms with Gasteiger partial charge in [-0.05, 0) is 49.3 Å². The number of hydrogen-bond donors (Lipinski definition) is 4. The molecule has 1 saturated carbocycles. The van der Waals surface area contributed by atoms with Crippen molar-refractivity contribution in [3.8, 4) is 23.1 Å². The van der Waals surface area contributed by atoms with Gasteiger partial charge in [-0.15, -0.1) is 0 Å². The van der Waals surface area contributed by atoms with E-state index in [-0.39, 0.29) is 17.6 Å². The zero-order valence-corrected chi connectivity index (χ0v) is 18.6. The Labute approximate surface area is 195 Å². The third kappa shape index (κ3) is 3.90. The first-order valence-electron chi connectivity index (χ1n) is 11.2. The molecule has 0 radical (unpaired) electrons. The molecule has 2 aromatic heterocycles. The Morgan fingerprint density at radius 3 is 2.94 bits per heavy atom. The van der Waals surface area contributed by atoms with Crippen molar-refractivity contribution >= 4 is 34.0 Å². The number of amides is 2. The number of ether oxygens (including phenoxy) is 1. The predicted molar refractivity (Wildman–Crippen MR) is 127 cm³/mol. The molecule has 5 rings (SSSR count). The fraction of sp³-hybridized carbons (Fsp3) is 0.333. The fourth-order valence-corrected chi connectivity index (χ4v) is 4.62. The lowest BCUT2D eigenvalue weighted by molar-refractivity contribution is 0.248. The number of hydrogen-bond acceptors (Lipinski definition) is 7. The topological polar surface area (TPSA) is 138 Å². The van der Waals surface area contributed by atoms with Gasteiger partial charge in [0.05, 0.1) is 11.8 Å². The second-order valence-electron chi connectivity index (χ2n) is 8.63. The number of pyridine rings is 2. The van der Waals surface area contributed by atoms with E-state index in [1.54, 1.807) is 18.3 Å². The molecule has 34 heavy (non-hydrogen) atoms. The Bertz CT molecular complexity index is 1340. The Morgan fingerprint density at radius 1 is 1.29 bits per heavy atom. The first kappa shape index (κ1) is 21.7. The van der Waals surface area contributed by atoms with Gasteiger partial charge >= 0.3 is 6.03 Å². The number of halogens is 1. The minimum absolute atomic E-state index is 0.0224. The van der Waals surface area contributed by atoms with Gasteiger partial charge in [0.1, 0.15) is 18.1 Å². The van der Waals surface area contributed by atoms with Crippen LogP contribution >= 0.6 is 0 Å². The zero-order chi connectivity index (χ0) is 23.8. The fourth-order valence-electron chi connectivity index (χ4n) is 4.62. The van der Waals surface area contributed by atoms with Crippen molar-refractivity contribution in [2.24, 2.45) is 5.92 Å². The highest BCUT2D eigenvalue weighted by molar-refractivity contribution is 6.00. The number of fused-ring (bicyclic) bond motifs is 2. The minimum Gasteiger partial charge on any atom is -0.474 e. The maximum Gasteiger partial charge on any atom is 0.320 e. The van der Waals surface area contributed by atoms with Gasteiger partial charge in [-0.25, -0.2) is 19.2 Å². The lowest BCUT2D eigenvalue weighted by atomic mass is 9.97. The molecule has 3 aromatic rings. The van der Waals surface area contributed by atoms with Crippen LogP contribution in [0.1, 0.15) is 24.8 Å². The first-order chi connectivity index (χ1) is 16.4. The predicted octanol–water partition coefficient (Wildman–Crippen LogP) is 3.94. The van der Waals surface area contributed by atoms with Crippen molar-refractivity contribution in [2.75, 3.05) is 29.5 Å². The molecule has 0 saturated heterocycles. The van der Waals surface area contributed by atoms with Gasteiger partial charge in [0.15, 0.2) is 5.82 Å². The minimum atomic E-state index is -0.553. The lowest BCUT2D eigenvalue weighted by Gasteiger charge is -2.22. The van der Waals surface area contributed by atoms with Crippen LogP contribution in [0.3, 0.4) is 0 Å². The van der Waals surface area contributed by atoms with E-state index in [0.717, 1.165) is 24.1 Å². The number of benzene rings is 1. The van der Waals surface area contributed by atoms with E-state index in [0.29, 0.717) is 53.2 Å². The van der Waals surface area contributed by atoms with Gasteiger partial charge in [-0.3, -0.25) is 5.32 Å². The maximum absolute atomic E-state index is 15.3. The van der Waals surface area contributed by atoms with Crippen molar-refractivity contribution in [3.05, 3.63) is 35.9 Å². The number of carbonyl (C=O) groups is 1. The standard InChI is InChI=1S/C24H24FN7O2/c1-12-17(10-30-23-22(12)28-4-5-34-23)16-7-14-8-19(29-11-18(14)21(27)20(16)25)32-24(33)31-15-3-2-13(6-15)9-26/h7-8,10-11,13,15,28H,2-6,27H2,1H3,(H2,29,31,32,33)/t13-,15?/m0/s1. The largest absolute Gasteiger partial charge is 0.474 e. The highest BCUT2D eigenvalue weighted by Crippen LogP contribution is 2.39. The van der Waals surface area contributed by atoms with Crippen molar-refractivity contribution in [1.82, 2.24) is 15.3 Å². The van der Waals surface area contributed by atoms with Crippen LogP contribution in [-0.2, 0) is 0 Å². The normalized spacial score (nSPS) is 19.0. The summed E-state index contributed by atoms with van der Waals surface area (Å²) in [6.45, 7) is 3.04. The average Bonchev–Trinajstić information content (AvgIpc) is 3.29. The molecule has 3 heterocycles. The molecule has 2 aliphatic rings. The number of nitrogens with one attached hydrogen (secondary N) is 3. The molecule has 10 heteroatoms. The van der Waals surface area contributed by atoms with Crippen LogP contribution in [0.5, 0.6) is 5.88 Å². The highest BCUT2D eigenvalue weighted by atomic mass is 19.1. The summed E-state index contributed by atoms with van der Waals surface area (Å²) in [5.74, 6) is 0.227. The number of nitrogens with two attached hydrogens (primary N) is 1. The van der Waals surface area contributed by atoms with Gasteiger partial charge in [0, 0.05) is 47.4 Å². The number of aromatic nitrogens is 2. The van der Waals surface area contributed by atoms with E-state index >= 15 is 4.39 Å². The van der Waals surface area contributed by atoms with Gasteiger partial charge in [-0.1, -0.05) is 0 Å². The molecule has 1 unspecified atom stereocenters. The summed E-state index contributed by atoms with van der Waals surface area (Å²) < 4.78 is 20.9. The van der Waals surface area contributed by atoms with E-state index in [4.69, 9.17) is 15.7 Å². The van der Waals surface area contributed by atoms with Gasteiger partial charge in [0.2, 0.25) is 5.88 Å². The monoisotopic (exact) mass is 461 g/mol. The lowest BCUT2D eigenvalue weighted by Crippen LogP contribution is -2.36. The molecule has 2 amide bonds. The highest BCUT2D eigenvalue weighted by Gasteiger charge is 2.26. The molecule has 1 aliphatic heterocycles. The van der Waals surface area contributed by atoms with Crippen LogP contribution in [0, 0.1) is 30.0 Å². The molecule has 5 N–H and O–H groups in total. The Hall–Kier alpha value is -4.13. The molecule has 174 valence electrons. The second kappa shape index (κ2) is 8.67. The Kier molecular flexibility index (Phi) is 5.53. The number of urea groups is 1. The zero-order valence-electron chi connectivity index (χ0n) is 18.6. The summed E-state index contributed by atoms with van der Waals surface area (Å²) in [6, 6.07) is 5.14. The van der Waals surface area contributed by atoms with Crippen molar-refractivity contribution < 1.29 is 13.9 Å². The molecule has 1 aromatic carbocycles. The number of nitrogens with zero attached hydrogens (tertiary/aromatic N) is 3. The Balaban J connectivity index is 1.45. The second-order valence-corrected chi connectivity index (χ2v) is 8.63. The summed E-state index contributed by atoms with van der Waals surface area (Å²) in [4.78, 5) is 21.0. The smallest absolute Gasteiger partial charge is 0.320 e. The van der Waals surface area contributed by atoms with E-state index < -0.39 is 11.8 Å². The molecular weight excluding hydrogens is 437 g/mol. The van der Waals surface area contributed by atoms with Crippen LogP contribution in [0.15, 0.2) is 24.5 Å². The summed E-state index contributed by atoms with van der Waals surface area (Å²) in [5.41, 5.74) is 8.55. The first-order valence-corrected chi connectivity index (χ1v) is 11.2. The van der Waals surface area contributed by atoms with Crippen LogP contribution < -0.4 is 26.4 Å². The molecular formula is C24H24FN7O2. The summed E-state index contributed by atoms with van der Waals surface area (Å²) in [7, 11) is 0. The number of rotatable bonds is 3. The summed E-state index contributed by atoms with van der Waals surface area (Å²) >= 11 is 0. The molecule has 0 bridgehead atoms. The van der Waals surface area contributed by atoms with Crippen molar-refractivity contribution in [3.63, 3.8) is 0 Å². The van der Waals surface area contributed by atoms with E-state index in [1.807, 2.05) is 6.92 Å². The number of anilines is 3. The molecule has 1 fully saturated rings. The van der Waals surface area contributed by atoms with Gasteiger partial charge in [-0.2, -0.15) is 5.26 Å². The van der Waals surface area contributed by atoms with Crippen LogP contribution in [0.4, 0.5) is 26.4 Å². The summed E-state index contributed by atoms with van der Waals surface area (Å²) in [6.07, 6.45) is 5.21. The molecule has 0 spiro atoms. The number of carbonyl (C=O) groups excluding carboxylic acids is 1. The molecule has 9 nitrogen and oxygen atoms in total. The molecule has 1 aliphatic carbocycles. The van der Waals surface area contributed by atoms with E-state index in [2.05, 4.69) is 32.0 Å². The van der Waals surface area contributed by atoms with Crippen LogP contribution in [-0.4, -0.2) is 35.2 Å². The van der Waals surface area contributed by atoms with E-state index in [1.165, 1.54) is 6.20 Å². The van der Waals surface area contributed by atoms with Crippen molar-refractivity contribution in [1.29, 1.82) is 5.26 Å². The average molecular weight is 462 g/mol.